The lowest BCUT2D eigenvalue weighted by molar-refractivity contribution is -0.384. The van der Waals surface area contributed by atoms with Crippen LogP contribution >= 0.6 is 0 Å². The van der Waals surface area contributed by atoms with Crippen LogP contribution in [0.2, 0.25) is 0 Å². The molecule has 3 heteroatoms. The monoisotopic (exact) mass is 239 g/mol. The second-order valence-corrected chi connectivity index (χ2v) is 3.94. The minimum Gasteiger partial charge on any atom is -0.258 e. The van der Waals surface area contributed by atoms with E-state index in [0.29, 0.717) is 0 Å². The standard InChI is InChI=1S/C15H13NO2/c17-16(18)15-11-9-14(10-12-15)8-4-7-13-5-2-1-3-6-13/h1-6,8-12H,7H2/b8-4-. The normalized spacial score (nSPS) is 10.7. The first-order valence-corrected chi connectivity index (χ1v) is 5.70. The molecule has 0 unspecified atom stereocenters. The number of allylic oxidation sites excluding steroid dienone is 1. The summed E-state index contributed by atoms with van der Waals surface area (Å²) in [5.41, 5.74) is 2.34. The van der Waals surface area contributed by atoms with Crippen molar-refractivity contribution in [2.45, 2.75) is 6.42 Å². The van der Waals surface area contributed by atoms with Crippen LogP contribution in [-0.2, 0) is 6.42 Å². The van der Waals surface area contributed by atoms with Crippen molar-refractivity contribution in [3.8, 4) is 0 Å². The fraction of sp³-hybridized carbons (Fsp3) is 0.0667. The summed E-state index contributed by atoms with van der Waals surface area (Å²) in [5, 5.41) is 10.5. The van der Waals surface area contributed by atoms with Crippen molar-refractivity contribution < 1.29 is 4.92 Å². The van der Waals surface area contributed by atoms with Crippen molar-refractivity contribution in [2.24, 2.45) is 0 Å². The lowest BCUT2D eigenvalue weighted by Crippen LogP contribution is -1.86. The lowest BCUT2D eigenvalue weighted by atomic mass is 10.1. The molecule has 0 atom stereocenters. The molecule has 2 aromatic rings. The van der Waals surface area contributed by atoms with Gasteiger partial charge in [-0.2, -0.15) is 0 Å². The number of hydrogen-bond acceptors (Lipinski definition) is 2. The fourth-order valence-corrected chi connectivity index (χ4v) is 1.65. The molecule has 18 heavy (non-hydrogen) atoms. The van der Waals surface area contributed by atoms with E-state index < -0.39 is 4.92 Å². The third kappa shape index (κ3) is 3.28. The molecule has 0 aromatic heterocycles. The Morgan fingerprint density at radius 3 is 2.28 bits per heavy atom. The zero-order valence-electron chi connectivity index (χ0n) is 9.82. The zero-order chi connectivity index (χ0) is 12.8. The Balaban J connectivity index is 1.99. The van der Waals surface area contributed by atoms with Crippen LogP contribution < -0.4 is 0 Å². The number of nitro groups is 1. The van der Waals surface area contributed by atoms with Gasteiger partial charge in [-0.1, -0.05) is 42.5 Å². The number of nitrogens with zero attached hydrogens (tertiary/aromatic N) is 1. The van der Waals surface area contributed by atoms with Crippen molar-refractivity contribution in [3.05, 3.63) is 81.9 Å². The molecular weight excluding hydrogens is 226 g/mol. The number of non-ortho nitro benzene ring substituents is 1. The van der Waals surface area contributed by atoms with E-state index in [1.807, 2.05) is 24.3 Å². The average molecular weight is 239 g/mol. The molecule has 0 N–H and O–H groups in total. The molecule has 0 amide bonds. The molecule has 0 saturated carbocycles. The summed E-state index contributed by atoms with van der Waals surface area (Å²) in [7, 11) is 0. The second kappa shape index (κ2) is 5.77. The minimum atomic E-state index is -0.391. The van der Waals surface area contributed by atoms with Gasteiger partial charge in [-0.3, -0.25) is 10.1 Å². The van der Waals surface area contributed by atoms with Crippen LogP contribution in [0.15, 0.2) is 60.7 Å². The highest BCUT2D eigenvalue weighted by atomic mass is 16.6. The Kier molecular flexibility index (Phi) is 3.86. The van der Waals surface area contributed by atoms with Gasteiger partial charge in [-0.15, -0.1) is 0 Å². The van der Waals surface area contributed by atoms with Gasteiger partial charge in [0.05, 0.1) is 4.92 Å². The van der Waals surface area contributed by atoms with E-state index in [0.717, 1.165) is 12.0 Å². The SMILES string of the molecule is O=[N+]([O-])c1ccc(/C=C\Cc2ccccc2)cc1. The Labute approximate surface area is 106 Å². The molecule has 0 bridgehead atoms. The average Bonchev–Trinajstić information content (AvgIpc) is 2.40. The quantitative estimate of drug-likeness (QED) is 0.600. The number of nitro benzene ring substituents is 1. The van der Waals surface area contributed by atoms with Gasteiger partial charge in [0.25, 0.3) is 5.69 Å². The summed E-state index contributed by atoms with van der Waals surface area (Å²) in [5.74, 6) is 0. The van der Waals surface area contributed by atoms with Crippen molar-refractivity contribution in [1.82, 2.24) is 0 Å². The summed E-state index contributed by atoms with van der Waals surface area (Å²) in [4.78, 5) is 10.1. The highest BCUT2D eigenvalue weighted by Crippen LogP contribution is 2.13. The van der Waals surface area contributed by atoms with E-state index in [2.05, 4.69) is 18.2 Å². The highest BCUT2D eigenvalue weighted by molar-refractivity contribution is 5.52. The third-order valence-corrected chi connectivity index (χ3v) is 2.61. The van der Waals surface area contributed by atoms with Gasteiger partial charge >= 0.3 is 0 Å². The summed E-state index contributed by atoms with van der Waals surface area (Å²) < 4.78 is 0. The Morgan fingerprint density at radius 2 is 1.67 bits per heavy atom. The smallest absolute Gasteiger partial charge is 0.258 e. The maximum atomic E-state index is 10.5. The van der Waals surface area contributed by atoms with Gasteiger partial charge < -0.3 is 0 Å². The van der Waals surface area contributed by atoms with Crippen LogP contribution in [0.4, 0.5) is 5.69 Å². The maximum Gasteiger partial charge on any atom is 0.269 e. The van der Waals surface area contributed by atoms with Crippen LogP contribution in [-0.4, -0.2) is 4.92 Å². The van der Waals surface area contributed by atoms with Gasteiger partial charge in [0, 0.05) is 12.1 Å². The molecular formula is C15H13NO2. The summed E-state index contributed by atoms with van der Waals surface area (Å²) >= 11 is 0. The maximum absolute atomic E-state index is 10.5. The molecule has 3 nitrogen and oxygen atoms in total. The second-order valence-electron chi connectivity index (χ2n) is 3.94. The predicted octanol–water partition coefficient (Wildman–Crippen LogP) is 3.85. The third-order valence-electron chi connectivity index (χ3n) is 2.61. The fourth-order valence-electron chi connectivity index (χ4n) is 1.65. The largest absolute Gasteiger partial charge is 0.269 e. The number of benzene rings is 2. The molecule has 2 aromatic carbocycles. The van der Waals surface area contributed by atoms with Crippen molar-refractivity contribution in [1.29, 1.82) is 0 Å². The topological polar surface area (TPSA) is 43.1 Å². The highest BCUT2D eigenvalue weighted by Gasteiger charge is 2.01. The first kappa shape index (κ1) is 12.0. The Bertz CT molecular complexity index is 544. The molecule has 90 valence electrons. The van der Waals surface area contributed by atoms with Gasteiger partial charge in [0.15, 0.2) is 0 Å². The van der Waals surface area contributed by atoms with E-state index in [4.69, 9.17) is 0 Å². The number of hydrogen-bond donors (Lipinski definition) is 0. The minimum absolute atomic E-state index is 0.121. The molecule has 0 heterocycles. The van der Waals surface area contributed by atoms with E-state index in [1.54, 1.807) is 12.1 Å². The van der Waals surface area contributed by atoms with Gasteiger partial charge in [0.1, 0.15) is 0 Å². The predicted molar refractivity (Wildman–Crippen MR) is 72.3 cm³/mol. The molecule has 0 saturated heterocycles. The van der Waals surface area contributed by atoms with Crippen LogP contribution in [0.1, 0.15) is 11.1 Å². The zero-order valence-corrected chi connectivity index (χ0v) is 9.82. The summed E-state index contributed by atoms with van der Waals surface area (Å²) in [6.07, 6.45) is 4.88. The molecule has 0 fully saturated rings. The number of rotatable bonds is 4. The Morgan fingerprint density at radius 1 is 1.00 bits per heavy atom. The van der Waals surface area contributed by atoms with Crippen LogP contribution in [0.25, 0.3) is 6.08 Å². The van der Waals surface area contributed by atoms with Crippen molar-refractivity contribution in [2.75, 3.05) is 0 Å². The summed E-state index contributed by atoms with van der Waals surface area (Å²) in [6.45, 7) is 0. The van der Waals surface area contributed by atoms with Crippen molar-refractivity contribution in [3.63, 3.8) is 0 Å². The van der Waals surface area contributed by atoms with Crippen LogP contribution in [0.5, 0.6) is 0 Å². The van der Waals surface area contributed by atoms with E-state index in [1.165, 1.54) is 17.7 Å². The van der Waals surface area contributed by atoms with Gasteiger partial charge in [-0.05, 0) is 29.7 Å². The van der Waals surface area contributed by atoms with Gasteiger partial charge in [0.2, 0.25) is 0 Å². The molecule has 0 spiro atoms. The van der Waals surface area contributed by atoms with E-state index >= 15 is 0 Å². The Hall–Kier alpha value is -2.42. The first-order chi connectivity index (χ1) is 8.75. The molecule has 2 rings (SSSR count). The lowest BCUT2D eigenvalue weighted by Gasteiger charge is -1.95. The molecule has 0 aliphatic heterocycles. The first-order valence-electron chi connectivity index (χ1n) is 5.70. The van der Waals surface area contributed by atoms with E-state index in [-0.39, 0.29) is 5.69 Å². The van der Waals surface area contributed by atoms with Gasteiger partial charge in [-0.25, -0.2) is 0 Å². The summed E-state index contributed by atoms with van der Waals surface area (Å²) in [6, 6.07) is 16.7. The van der Waals surface area contributed by atoms with Crippen LogP contribution in [0, 0.1) is 10.1 Å². The van der Waals surface area contributed by atoms with Crippen LogP contribution in [0.3, 0.4) is 0 Å². The van der Waals surface area contributed by atoms with Crippen molar-refractivity contribution >= 4 is 11.8 Å². The molecule has 0 aliphatic rings. The van der Waals surface area contributed by atoms with E-state index in [9.17, 15) is 10.1 Å². The molecule has 0 radical (unpaired) electrons. The molecule has 0 aliphatic carbocycles.